The van der Waals surface area contributed by atoms with Crippen molar-refractivity contribution >= 4 is 5.96 Å². The number of methoxy groups -OCH3 is 1. The second kappa shape index (κ2) is 14.4. The number of nitrogens with one attached hydrogen (secondary N) is 2. The smallest absolute Gasteiger partial charge is 0.191 e. The molecule has 0 aliphatic carbocycles. The van der Waals surface area contributed by atoms with Crippen molar-refractivity contribution in [2.45, 2.75) is 33.7 Å². The van der Waals surface area contributed by atoms with Gasteiger partial charge in [0.05, 0.1) is 26.4 Å². The standard InChI is InChI=1S/C20H35N3O3/c1-5-21-20(22-10-7-11-25-13-12-24-4)23-15-18-8-6-9-19(14-18)26-16-17(2)3/h6,8-9,14,17H,5,7,10-13,15-16H2,1-4H3,(H2,21,22,23). The molecule has 1 aromatic carbocycles. The lowest BCUT2D eigenvalue weighted by atomic mass is 10.2. The molecule has 0 radical (unpaired) electrons. The van der Waals surface area contributed by atoms with Gasteiger partial charge in [0, 0.05) is 26.8 Å². The summed E-state index contributed by atoms with van der Waals surface area (Å²) < 4.78 is 16.2. The van der Waals surface area contributed by atoms with Crippen molar-refractivity contribution in [3.63, 3.8) is 0 Å². The van der Waals surface area contributed by atoms with Gasteiger partial charge in [0.1, 0.15) is 5.75 Å². The summed E-state index contributed by atoms with van der Waals surface area (Å²) in [7, 11) is 1.68. The molecule has 0 saturated heterocycles. The highest BCUT2D eigenvalue weighted by atomic mass is 16.5. The fourth-order valence-electron chi connectivity index (χ4n) is 2.13. The third-order valence-corrected chi connectivity index (χ3v) is 3.44. The second-order valence-electron chi connectivity index (χ2n) is 6.43. The third-order valence-electron chi connectivity index (χ3n) is 3.44. The number of benzene rings is 1. The highest BCUT2D eigenvalue weighted by molar-refractivity contribution is 5.79. The molecular weight excluding hydrogens is 330 g/mol. The SMILES string of the molecule is CCNC(=NCc1cccc(OCC(C)C)c1)NCCCOCCOC. The molecule has 0 amide bonds. The van der Waals surface area contributed by atoms with E-state index in [1.807, 2.05) is 12.1 Å². The second-order valence-corrected chi connectivity index (χ2v) is 6.43. The largest absolute Gasteiger partial charge is 0.493 e. The molecule has 26 heavy (non-hydrogen) atoms. The lowest BCUT2D eigenvalue weighted by Gasteiger charge is -2.12. The normalized spacial score (nSPS) is 11.7. The molecule has 0 fully saturated rings. The summed E-state index contributed by atoms with van der Waals surface area (Å²) in [6.45, 7) is 11.3. The summed E-state index contributed by atoms with van der Waals surface area (Å²) in [5, 5.41) is 6.60. The lowest BCUT2D eigenvalue weighted by Crippen LogP contribution is -2.38. The minimum atomic E-state index is 0.514. The van der Waals surface area contributed by atoms with Crippen LogP contribution in [0.4, 0.5) is 0 Å². The van der Waals surface area contributed by atoms with Crippen molar-refractivity contribution in [3.8, 4) is 5.75 Å². The van der Waals surface area contributed by atoms with E-state index in [1.165, 1.54) is 0 Å². The maximum Gasteiger partial charge on any atom is 0.191 e. The molecule has 0 bridgehead atoms. The number of hydrogen-bond donors (Lipinski definition) is 2. The summed E-state index contributed by atoms with van der Waals surface area (Å²) in [5.41, 5.74) is 1.13. The van der Waals surface area contributed by atoms with Crippen LogP contribution in [0.25, 0.3) is 0 Å². The van der Waals surface area contributed by atoms with E-state index < -0.39 is 0 Å². The number of nitrogens with zero attached hydrogens (tertiary/aromatic N) is 1. The van der Waals surface area contributed by atoms with Gasteiger partial charge in [-0.3, -0.25) is 0 Å². The van der Waals surface area contributed by atoms with Crippen molar-refractivity contribution in [1.29, 1.82) is 0 Å². The number of rotatable bonds is 13. The Bertz CT molecular complexity index is 507. The summed E-state index contributed by atoms with van der Waals surface area (Å²) in [6, 6.07) is 8.12. The van der Waals surface area contributed by atoms with E-state index in [0.29, 0.717) is 32.3 Å². The molecule has 0 unspecified atom stereocenters. The monoisotopic (exact) mass is 365 g/mol. The van der Waals surface area contributed by atoms with Crippen LogP contribution >= 0.6 is 0 Å². The Morgan fingerprint density at radius 3 is 2.73 bits per heavy atom. The molecule has 0 aliphatic rings. The Balaban J connectivity index is 2.41. The maximum absolute atomic E-state index is 5.78. The van der Waals surface area contributed by atoms with Gasteiger partial charge < -0.3 is 24.8 Å². The van der Waals surface area contributed by atoms with Gasteiger partial charge in [-0.15, -0.1) is 0 Å². The van der Waals surface area contributed by atoms with E-state index in [1.54, 1.807) is 7.11 Å². The molecule has 148 valence electrons. The molecule has 6 nitrogen and oxygen atoms in total. The topological polar surface area (TPSA) is 64.1 Å². The zero-order valence-corrected chi connectivity index (χ0v) is 16.7. The molecule has 0 aliphatic heterocycles. The average Bonchev–Trinajstić information content (AvgIpc) is 2.64. The molecule has 0 heterocycles. The lowest BCUT2D eigenvalue weighted by molar-refractivity contribution is 0.0698. The van der Waals surface area contributed by atoms with Gasteiger partial charge in [-0.2, -0.15) is 0 Å². The predicted octanol–water partition coefficient (Wildman–Crippen LogP) is 2.83. The van der Waals surface area contributed by atoms with Gasteiger partial charge in [-0.25, -0.2) is 4.99 Å². The van der Waals surface area contributed by atoms with Gasteiger partial charge in [0.25, 0.3) is 0 Å². The summed E-state index contributed by atoms with van der Waals surface area (Å²) in [5.74, 6) is 2.23. The van der Waals surface area contributed by atoms with Crippen LogP contribution in [0, 0.1) is 5.92 Å². The number of aliphatic imine (C=N–C) groups is 1. The van der Waals surface area contributed by atoms with Gasteiger partial charge in [0.15, 0.2) is 5.96 Å². The molecule has 1 aromatic rings. The fraction of sp³-hybridized carbons (Fsp3) is 0.650. The van der Waals surface area contributed by atoms with E-state index in [9.17, 15) is 0 Å². The van der Waals surface area contributed by atoms with Crippen LogP contribution in [0.1, 0.15) is 32.8 Å². The first-order valence-electron chi connectivity index (χ1n) is 9.46. The summed E-state index contributed by atoms with van der Waals surface area (Å²) in [6.07, 6.45) is 0.923. The zero-order valence-electron chi connectivity index (χ0n) is 16.7. The molecule has 1 rings (SSSR count). The Kier molecular flexibility index (Phi) is 12.3. The van der Waals surface area contributed by atoms with E-state index in [0.717, 1.165) is 43.4 Å². The van der Waals surface area contributed by atoms with Crippen molar-refractivity contribution in [3.05, 3.63) is 29.8 Å². The van der Waals surface area contributed by atoms with Crippen LogP contribution < -0.4 is 15.4 Å². The van der Waals surface area contributed by atoms with Gasteiger partial charge in [-0.1, -0.05) is 26.0 Å². The van der Waals surface area contributed by atoms with Gasteiger partial charge in [-0.05, 0) is 37.0 Å². The van der Waals surface area contributed by atoms with E-state index in [4.69, 9.17) is 14.2 Å². The zero-order chi connectivity index (χ0) is 19.0. The van der Waals surface area contributed by atoms with Crippen LogP contribution in [-0.2, 0) is 16.0 Å². The molecule has 0 saturated carbocycles. The van der Waals surface area contributed by atoms with Crippen LogP contribution in [0.3, 0.4) is 0 Å². The number of guanidine groups is 1. The highest BCUT2D eigenvalue weighted by Crippen LogP contribution is 2.15. The molecule has 0 atom stereocenters. The first-order valence-corrected chi connectivity index (χ1v) is 9.46. The predicted molar refractivity (Wildman–Crippen MR) is 107 cm³/mol. The molecule has 2 N–H and O–H groups in total. The van der Waals surface area contributed by atoms with Crippen molar-refractivity contribution in [2.24, 2.45) is 10.9 Å². The maximum atomic E-state index is 5.78. The van der Waals surface area contributed by atoms with Crippen molar-refractivity contribution < 1.29 is 14.2 Å². The van der Waals surface area contributed by atoms with Gasteiger partial charge in [0.2, 0.25) is 0 Å². The molecule has 6 heteroatoms. The first kappa shape index (κ1) is 22.3. The third kappa shape index (κ3) is 10.9. The number of hydrogen-bond acceptors (Lipinski definition) is 4. The van der Waals surface area contributed by atoms with E-state index in [-0.39, 0.29) is 0 Å². The average molecular weight is 366 g/mol. The summed E-state index contributed by atoms with van der Waals surface area (Å²) in [4.78, 5) is 4.65. The highest BCUT2D eigenvalue weighted by Gasteiger charge is 2.01. The summed E-state index contributed by atoms with van der Waals surface area (Å²) >= 11 is 0. The minimum absolute atomic E-state index is 0.514. The van der Waals surface area contributed by atoms with Gasteiger partial charge >= 0.3 is 0 Å². The Hall–Kier alpha value is -1.79. The Labute approximate surface area is 158 Å². The van der Waals surface area contributed by atoms with Crippen LogP contribution in [-0.4, -0.2) is 52.6 Å². The minimum Gasteiger partial charge on any atom is -0.493 e. The first-order chi connectivity index (χ1) is 12.7. The van der Waals surface area contributed by atoms with Crippen molar-refractivity contribution in [2.75, 3.05) is 46.6 Å². The van der Waals surface area contributed by atoms with Crippen LogP contribution in [0.15, 0.2) is 29.3 Å². The van der Waals surface area contributed by atoms with Crippen molar-refractivity contribution in [1.82, 2.24) is 10.6 Å². The fourth-order valence-corrected chi connectivity index (χ4v) is 2.13. The van der Waals surface area contributed by atoms with Crippen LogP contribution in [0.2, 0.25) is 0 Å². The number of ether oxygens (including phenoxy) is 3. The Morgan fingerprint density at radius 1 is 1.15 bits per heavy atom. The quantitative estimate of drug-likeness (QED) is 0.320. The van der Waals surface area contributed by atoms with E-state index >= 15 is 0 Å². The Morgan fingerprint density at radius 2 is 2.00 bits per heavy atom. The molecular formula is C20H35N3O3. The van der Waals surface area contributed by atoms with E-state index in [2.05, 4.69) is 48.5 Å². The molecule has 0 aromatic heterocycles. The van der Waals surface area contributed by atoms with Crippen LogP contribution in [0.5, 0.6) is 5.75 Å². The molecule has 0 spiro atoms.